The van der Waals surface area contributed by atoms with Crippen LogP contribution in [0, 0.1) is 11.3 Å². The normalized spacial score (nSPS) is 15.4. The molecule has 0 aromatic heterocycles. The lowest BCUT2D eigenvalue weighted by Crippen LogP contribution is -2.15. The topological polar surface area (TPSA) is 40.5 Å². The summed E-state index contributed by atoms with van der Waals surface area (Å²) in [6.07, 6.45) is 5.36. The minimum atomic E-state index is -0.247. The Morgan fingerprint density at radius 2 is 1.79 bits per heavy atom. The lowest BCUT2D eigenvalue weighted by Gasteiger charge is -2.19. The number of aliphatic hydroxyl groups excluding tert-OH is 2. The van der Waals surface area contributed by atoms with Gasteiger partial charge < -0.3 is 10.2 Å². The van der Waals surface area contributed by atoms with Crippen LogP contribution >= 0.6 is 0 Å². The molecule has 0 radical (unpaired) electrons. The van der Waals surface area contributed by atoms with Crippen molar-refractivity contribution in [1.29, 1.82) is 0 Å². The van der Waals surface area contributed by atoms with Crippen LogP contribution in [-0.4, -0.2) is 22.9 Å². The molecular formula is C12H24O2. The molecule has 0 aliphatic carbocycles. The number of aliphatic hydroxyl groups is 2. The summed E-state index contributed by atoms with van der Waals surface area (Å²) >= 11 is 0. The highest BCUT2D eigenvalue weighted by atomic mass is 16.3. The molecule has 0 saturated heterocycles. The van der Waals surface area contributed by atoms with Gasteiger partial charge in [0.2, 0.25) is 0 Å². The van der Waals surface area contributed by atoms with Gasteiger partial charge in [0.05, 0.1) is 6.10 Å². The SMILES string of the molecule is CC(C)C(O)C/C=C/CC(C)(C)CO. The van der Waals surface area contributed by atoms with Crippen molar-refractivity contribution in [2.75, 3.05) is 6.61 Å². The Balaban J connectivity index is 3.74. The summed E-state index contributed by atoms with van der Waals surface area (Å²) in [6, 6.07) is 0. The highest BCUT2D eigenvalue weighted by Crippen LogP contribution is 2.19. The number of rotatable bonds is 6. The van der Waals surface area contributed by atoms with Crippen LogP contribution in [0.5, 0.6) is 0 Å². The highest BCUT2D eigenvalue weighted by Gasteiger charge is 2.13. The molecule has 0 aromatic carbocycles. The molecule has 1 unspecified atom stereocenters. The molecule has 2 heteroatoms. The second kappa shape index (κ2) is 6.20. The van der Waals surface area contributed by atoms with E-state index in [0.717, 1.165) is 6.42 Å². The van der Waals surface area contributed by atoms with Gasteiger partial charge >= 0.3 is 0 Å². The van der Waals surface area contributed by atoms with Crippen molar-refractivity contribution in [1.82, 2.24) is 0 Å². The summed E-state index contributed by atoms with van der Waals surface area (Å²) in [5, 5.41) is 18.5. The Kier molecular flexibility index (Phi) is 6.05. The van der Waals surface area contributed by atoms with E-state index in [9.17, 15) is 5.11 Å². The zero-order valence-corrected chi connectivity index (χ0v) is 9.83. The van der Waals surface area contributed by atoms with Gasteiger partial charge in [-0.3, -0.25) is 0 Å². The molecule has 0 rings (SSSR count). The van der Waals surface area contributed by atoms with Gasteiger partial charge in [0, 0.05) is 6.61 Å². The average Bonchev–Trinajstić information content (AvgIpc) is 2.12. The van der Waals surface area contributed by atoms with Crippen molar-refractivity contribution in [3.05, 3.63) is 12.2 Å². The van der Waals surface area contributed by atoms with E-state index < -0.39 is 0 Å². The van der Waals surface area contributed by atoms with Crippen molar-refractivity contribution < 1.29 is 10.2 Å². The summed E-state index contributed by atoms with van der Waals surface area (Å²) in [5.41, 5.74) is -0.0424. The van der Waals surface area contributed by atoms with Gasteiger partial charge in [-0.05, 0) is 24.2 Å². The molecule has 0 aliphatic heterocycles. The number of hydrogen-bond acceptors (Lipinski definition) is 2. The van der Waals surface area contributed by atoms with E-state index in [2.05, 4.69) is 0 Å². The summed E-state index contributed by atoms with van der Waals surface area (Å²) in [4.78, 5) is 0. The van der Waals surface area contributed by atoms with Gasteiger partial charge in [-0.15, -0.1) is 0 Å². The Morgan fingerprint density at radius 1 is 1.21 bits per heavy atom. The lowest BCUT2D eigenvalue weighted by atomic mass is 9.90. The van der Waals surface area contributed by atoms with E-state index in [1.807, 2.05) is 39.8 Å². The molecule has 2 nitrogen and oxygen atoms in total. The fourth-order valence-corrected chi connectivity index (χ4v) is 0.975. The molecule has 14 heavy (non-hydrogen) atoms. The minimum absolute atomic E-state index is 0.0424. The molecule has 0 heterocycles. The lowest BCUT2D eigenvalue weighted by molar-refractivity contribution is 0.128. The van der Waals surface area contributed by atoms with Crippen LogP contribution in [0.15, 0.2) is 12.2 Å². The van der Waals surface area contributed by atoms with Gasteiger partial charge in [0.25, 0.3) is 0 Å². The van der Waals surface area contributed by atoms with Crippen LogP contribution in [0.25, 0.3) is 0 Å². The molecule has 0 spiro atoms. The fourth-order valence-electron chi connectivity index (χ4n) is 0.975. The predicted molar refractivity (Wildman–Crippen MR) is 60.1 cm³/mol. The number of hydrogen-bond donors (Lipinski definition) is 2. The third-order valence-corrected chi connectivity index (χ3v) is 2.41. The van der Waals surface area contributed by atoms with Crippen LogP contribution in [-0.2, 0) is 0 Å². The van der Waals surface area contributed by atoms with Crippen LogP contribution < -0.4 is 0 Å². The van der Waals surface area contributed by atoms with E-state index in [4.69, 9.17) is 5.11 Å². The molecule has 0 bridgehead atoms. The Hall–Kier alpha value is -0.340. The van der Waals surface area contributed by atoms with Crippen molar-refractivity contribution in [3.8, 4) is 0 Å². The predicted octanol–water partition coefficient (Wildman–Crippen LogP) is 2.36. The number of allylic oxidation sites excluding steroid dienone is 1. The summed E-state index contributed by atoms with van der Waals surface area (Å²) in [7, 11) is 0. The third-order valence-electron chi connectivity index (χ3n) is 2.41. The second-order valence-electron chi connectivity index (χ2n) is 5.04. The zero-order chi connectivity index (χ0) is 11.2. The standard InChI is InChI=1S/C12H24O2/c1-10(2)11(14)7-5-6-8-12(3,4)9-13/h5-6,10-11,13-14H,7-9H2,1-4H3/b6-5+. The van der Waals surface area contributed by atoms with Crippen molar-refractivity contribution >= 4 is 0 Å². The minimum Gasteiger partial charge on any atom is -0.396 e. The van der Waals surface area contributed by atoms with Crippen molar-refractivity contribution in [3.63, 3.8) is 0 Å². The van der Waals surface area contributed by atoms with Gasteiger partial charge in [-0.25, -0.2) is 0 Å². The van der Waals surface area contributed by atoms with Crippen LogP contribution in [0.4, 0.5) is 0 Å². The Morgan fingerprint density at radius 3 is 2.21 bits per heavy atom. The van der Waals surface area contributed by atoms with Crippen LogP contribution in [0.2, 0.25) is 0 Å². The van der Waals surface area contributed by atoms with Gasteiger partial charge in [-0.1, -0.05) is 39.8 Å². The van der Waals surface area contributed by atoms with E-state index >= 15 is 0 Å². The maximum absolute atomic E-state index is 9.51. The first-order chi connectivity index (χ1) is 6.39. The first-order valence-electron chi connectivity index (χ1n) is 5.33. The van der Waals surface area contributed by atoms with Crippen molar-refractivity contribution in [2.45, 2.75) is 46.6 Å². The molecule has 0 saturated carbocycles. The van der Waals surface area contributed by atoms with E-state index in [-0.39, 0.29) is 18.1 Å². The molecule has 0 aliphatic rings. The Bertz CT molecular complexity index is 171. The smallest absolute Gasteiger partial charge is 0.0597 e. The molecular weight excluding hydrogens is 176 g/mol. The monoisotopic (exact) mass is 200 g/mol. The van der Waals surface area contributed by atoms with Gasteiger partial charge in [0.1, 0.15) is 0 Å². The molecule has 84 valence electrons. The van der Waals surface area contributed by atoms with Crippen molar-refractivity contribution in [2.24, 2.45) is 11.3 Å². The van der Waals surface area contributed by atoms with Crippen LogP contribution in [0.1, 0.15) is 40.5 Å². The zero-order valence-electron chi connectivity index (χ0n) is 9.83. The van der Waals surface area contributed by atoms with E-state index in [1.54, 1.807) is 0 Å². The summed E-state index contributed by atoms with van der Waals surface area (Å²) < 4.78 is 0. The first kappa shape index (κ1) is 13.7. The average molecular weight is 200 g/mol. The van der Waals surface area contributed by atoms with Crippen LogP contribution in [0.3, 0.4) is 0 Å². The van der Waals surface area contributed by atoms with Gasteiger partial charge in [0.15, 0.2) is 0 Å². The fraction of sp³-hybridized carbons (Fsp3) is 0.833. The maximum Gasteiger partial charge on any atom is 0.0597 e. The van der Waals surface area contributed by atoms with E-state index in [0.29, 0.717) is 12.3 Å². The Labute approximate surface area is 87.7 Å². The molecule has 2 N–H and O–H groups in total. The first-order valence-corrected chi connectivity index (χ1v) is 5.33. The van der Waals surface area contributed by atoms with Gasteiger partial charge in [-0.2, -0.15) is 0 Å². The molecule has 0 aromatic rings. The second-order valence-corrected chi connectivity index (χ2v) is 5.04. The maximum atomic E-state index is 9.51. The molecule has 0 fully saturated rings. The third kappa shape index (κ3) is 6.17. The summed E-state index contributed by atoms with van der Waals surface area (Å²) in [5.74, 6) is 0.311. The quantitative estimate of drug-likeness (QED) is 0.646. The summed E-state index contributed by atoms with van der Waals surface area (Å²) in [6.45, 7) is 8.27. The molecule has 1 atom stereocenters. The largest absolute Gasteiger partial charge is 0.396 e. The highest BCUT2D eigenvalue weighted by molar-refractivity contribution is 4.89. The van der Waals surface area contributed by atoms with E-state index in [1.165, 1.54) is 0 Å². The molecule has 0 amide bonds.